The summed E-state index contributed by atoms with van der Waals surface area (Å²) in [4.78, 5) is 30.6. The largest absolute Gasteiger partial charge is 0.369 e. The first-order valence-electron chi connectivity index (χ1n) is 8.03. The van der Waals surface area contributed by atoms with E-state index in [0.29, 0.717) is 16.8 Å². The van der Waals surface area contributed by atoms with E-state index < -0.39 is 11.5 Å². The van der Waals surface area contributed by atoms with Gasteiger partial charge in [0, 0.05) is 5.56 Å². The van der Waals surface area contributed by atoms with Crippen molar-refractivity contribution in [3.8, 4) is 17.3 Å². The van der Waals surface area contributed by atoms with Gasteiger partial charge in [0.1, 0.15) is 28.7 Å². The molecule has 0 saturated carbocycles. The molecule has 7 nitrogen and oxygen atoms in total. The van der Waals surface area contributed by atoms with Crippen molar-refractivity contribution in [3.63, 3.8) is 0 Å². The van der Waals surface area contributed by atoms with Crippen LogP contribution in [0, 0.1) is 32.1 Å². The molecule has 0 aliphatic rings. The van der Waals surface area contributed by atoms with Crippen molar-refractivity contribution in [2.24, 2.45) is 0 Å². The van der Waals surface area contributed by atoms with Crippen molar-refractivity contribution in [3.05, 3.63) is 72.8 Å². The van der Waals surface area contributed by atoms with Crippen LogP contribution in [-0.2, 0) is 0 Å². The number of carbonyl (C=O) groups is 1. The predicted octanol–water partition coefficient (Wildman–Crippen LogP) is 3.88. The van der Waals surface area contributed by atoms with Crippen LogP contribution >= 0.6 is 23.2 Å². The third-order valence-corrected chi connectivity index (χ3v) is 4.72. The Morgan fingerprint density at radius 2 is 1.89 bits per heavy atom. The third kappa shape index (κ3) is 3.28. The smallest absolute Gasteiger partial charge is 0.360 e. The summed E-state index contributed by atoms with van der Waals surface area (Å²) in [5.41, 5.74) is 0.356. The molecule has 0 saturated heterocycles. The van der Waals surface area contributed by atoms with E-state index in [2.05, 4.69) is 5.16 Å². The number of hydrogen-bond acceptors (Lipinski definition) is 6. The van der Waals surface area contributed by atoms with E-state index in [1.165, 1.54) is 6.92 Å². The van der Waals surface area contributed by atoms with Gasteiger partial charge in [0.25, 0.3) is 0 Å². The minimum atomic E-state index is -0.900. The number of hydrogen-bond donors (Lipinski definition) is 0. The maximum atomic E-state index is 12.9. The Kier molecular flexibility index (Phi) is 5.27. The van der Waals surface area contributed by atoms with Crippen LogP contribution in [0.3, 0.4) is 0 Å². The summed E-state index contributed by atoms with van der Waals surface area (Å²) >= 11 is 12.4. The number of nitriles is 1. The molecule has 0 atom stereocenters. The SMILES string of the molecule is Cc1cc(C)n(OC(=O)c2c(-c3c(Cl)cccc3Cl)noc2C)c(=O)c1C#N. The first-order chi connectivity index (χ1) is 13.3. The number of carbonyl (C=O) groups excluding carboxylic acids is 1. The molecule has 0 unspecified atom stereocenters. The van der Waals surface area contributed by atoms with Crippen LogP contribution in [0.1, 0.15) is 32.9 Å². The number of halogens is 2. The topological polar surface area (TPSA) is 98.1 Å². The monoisotopic (exact) mass is 417 g/mol. The number of pyridine rings is 1. The van der Waals surface area contributed by atoms with E-state index in [9.17, 15) is 14.9 Å². The highest BCUT2D eigenvalue weighted by Crippen LogP contribution is 2.36. The Morgan fingerprint density at radius 1 is 1.25 bits per heavy atom. The van der Waals surface area contributed by atoms with Gasteiger partial charge in [-0.2, -0.15) is 5.26 Å². The summed E-state index contributed by atoms with van der Waals surface area (Å²) in [5, 5.41) is 13.6. The molecule has 28 heavy (non-hydrogen) atoms. The Morgan fingerprint density at radius 3 is 2.50 bits per heavy atom. The van der Waals surface area contributed by atoms with Gasteiger partial charge in [-0.15, -0.1) is 4.73 Å². The van der Waals surface area contributed by atoms with Gasteiger partial charge in [0.05, 0.1) is 15.7 Å². The molecule has 1 aromatic carbocycles. The van der Waals surface area contributed by atoms with Crippen LogP contribution in [-0.4, -0.2) is 15.9 Å². The average molecular weight is 418 g/mol. The summed E-state index contributed by atoms with van der Waals surface area (Å²) in [6, 6.07) is 8.22. The summed E-state index contributed by atoms with van der Waals surface area (Å²) < 4.78 is 5.90. The summed E-state index contributed by atoms with van der Waals surface area (Å²) in [7, 11) is 0. The van der Waals surface area contributed by atoms with E-state index in [-0.39, 0.29) is 32.6 Å². The van der Waals surface area contributed by atoms with Crippen molar-refractivity contribution in [1.29, 1.82) is 5.26 Å². The van der Waals surface area contributed by atoms with E-state index in [1.54, 1.807) is 38.1 Å². The molecule has 0 spiro atoms. The second-order valence-corrected chi connectivity index (χ2v) is 6.81. The molecule has 142 valence electrons. The van der Waals surface area contributed by atoms with Crippen LogP contribution in [0.2, 0.25) is 10.0 Å². The molecule has 0 aliphatic heterocycles. The molecule has 0 amide bonds. The van der Waals surface area contributed by atoms with Crippen LogP contribution in [0.5, 0.6) is 0 Å². The van der Waals surface area contributed by atoms with Crippen molar-refractivity contribution in [2.45, 2.75) is 20.8 Å². The maximum Gasteiger partial charge on any atom is 0.369 e. The highest BCUT2D eigenvalue weighted by molar-refractivity contribution is 6.39. The second-order valence-electron chi connectivity index (χ2n) is 5.99. The fraction of sp³-hybridized carbons (Fsp3) is 0.158. The molecule has 3 rings (SSSR count). The average Bonchev–Trinajstić information content (AvgIpc) is 3.00. The molecule has 0 bridgehead atoms. The molecule has 2 aromatic heterocycles. The van der Waals surface area contributed by atoms with Crippen LogP contribution in [0.15, 0.2) is 33.6 Å². The first-order valence-corrected chi connectivity index (χ1v) is 8.78. The van der Waals surface area contributed by atoms with Crippen molar-refractivity contribution in [1.82, 2.24) is 9.89 Å². The Labute approximate surface area is 169 Å². The zero-order valence-corrected chi connectivity index (χ0v) is 16.6. The molecule has 0 fully saturated rings. The quantitative estimate of drug-likeness (QED) is 0.641. The zero-order valence-electron chi connectivity index (χ0n) is 15.0. The van der Waals surface area contributed by atoms with E-state index in [0.717, 1.165) is 4.73 Å². The van der Waals surface area contributed by atoms with Gasteiger partial charge in [0.2, 0.25) is 0 Å². The molecule has 0 N–H and O–H groups in total. The summed E-state index contributed by atoms with van der Waals surface area (Å²) in [6.45, 7) is 4.72. The molecular weight excluding hydrogens is 405 g/mol. The van der Waals surface area contributed by atoms with Crippen LogP contribution in [0.4, 0.5) is 0 Å². The lowest BCUT2D eigenvalue weighted by atomic mass is 10.1. The highest BCUT2D eigenvalue weighted by atomic mass is 35.5. The number of aromatic nitrogens is 2. The minimum absolute atomic E-state index is 0.0274. The Hall–Kier alpha value is -3.08. The van der Waals surface area contributed by atoms with Crippen molar-refractivity contribution >= 4 is 29.2 Å². The number of aryl methyl sites for hydroxylation is 3. The molecule has 0 radical (unpaired) electrons. The molecular formula is C19H13Cl2N3O4. The summed E-state index contributed by atoms with van der Waals surface area (Å²) in [6.07, 6.45) is 0. The van der Waals surface area contributed by atoms with Gasteiger partial charge < -0.3 is 9.36 Å². The fourth-order valence-corrected chi connectivity index (χ4v) is 3.34. The van der Waals surface area contributed by atoms with Gasteiger partial charge in [-0.3, -0.25) is 4.79 Å². The van der Waals surface area contributed by atoms with Gasteiger partial charge in [0.15, 0.2) is 0 Å². The van der Waals surface area contributed by atoms with Gasteiger partial charge in [-0.25, -0.2) is 4.79 Å². The van der Waals surface area contributed by atoms with E-state index >= 15 is 0 Å². The standard InChI is InChI=1S/C19H13Cl2N3O4/c1-9-7-10(2)24(18(25)12(9)8-22)28-19(26)15-11(3)27-23-17(15)16-13(20)5-4-6-14(16)21/h4-7H,1-3H3. The van der Waals surface area contributed by atoms with Gasteiger partial charge in [-0.1, -0.05) is 34.4 Å². The molecule has 9 heteroatoms. The normalized spacial score (nSPS) is 10.6. The lowest BCUT2D eigenvalue weighted by Crippen LogP contribution is -2.34. The Bertz CT molecular complexity index is 1180. The second kappa shape index (κ2) is 7.50. The maximum absolute atomic E-state index is 12.9. The van der Waals surface area contributed by atoms with Gasteiger partial charge >= 0.3 is 11.5 Å². The lowest BCUT2D eigenvalue weighted by Gasteiger charge is -2.12. The van der Waals surface area contributed by atoms with Crippen molar-refractivity contribution < 1.29 is 14.2 Å². The number of benzene rings is 1. The Balaban J connectivity index is 2.11. The third-order valence-electron chi connectivity index (χ3n) is 4.09. The molecule has 2 heterocycles. The van der Waals surface area contributed by atoms with E-state index in [1.807, 2.05) is 6.07 Å². The summed E-state index contributed by atoms with van der Waals surface area (Å²) in [5.74, 6) is -0.739. The number of nitrogens with zero attached hydrogens (tertiary/aromatic N) is 3. The molecule has 3 aromatic rings. The van der Waals surface area contributed by atoms with E-state index in [4.69, 9.17) is 32.6 Å². The number of rotatable bonds is 3. The lowest BCUT2D eigenvalue weighted by molar-refractivity contribution is 0.0430. The zero-order chi connectivity index (χ0) is 20.6. The van der Waals surface area contributed by atoms with Crippen LogP contribution < -0.4 is 10.4 Å². The fourth-order valence-electron chi connectivity index (χ4n) is 2.76. The minimum Gasteiger partial charge on any atom is -0.360 e. The van der Waals surface area contributed by atoms with Gasteiger partial charge in [-0.05, 0) is 44.5 Å². The van der Waals surface area contributed by atoms with Crippen molar-refractivity contribution in [2.75, 3.05) is 0 Å². The van der Waals surface area contributed by atoms with Crippen LogP contribution in [0.25, 0.3) is 11.3 Å². The molecule has 0 aliphatic carbocycles. The highest BCUT2D eigenvalue weighted by Gasteiger charge is 2.27. The first kappa shape index (κ1) is 19.7. The predicted molar refractivity (Wildman–Crippen MR) is 102 cm³/mol.